The molecule has 4 aliphatic rings. The number of carbonyl (C=O) groups is 3. The van der Waals surface area contributed by atoms with Gasteiger partial charge in [-0.2, -0.15) is 0 Å². The monoisotopic (exact) mass is 528 g/mol. The van der Waals surface area contributed by atoms with E-state index in [-0.39, 0.29) is 48.2 Å². The number of piperidine rings is 1. The van der Waals surface area contributed by atoms with Crippen LogP contribution in [0.2, 0.25) is 0 Å². The number of ether oxygens (including phenoxy) is 2. The number of carbonyl (C=O) groups excluding carboxylic acids is 3. The summed E-state index contributed by atoms with van der Waals surface area (Å²) in [4.78, 5) is 43.4. The van der Waals surface area contributed by atoms with E-state index in [1.807, 2.05) is 23.1 Å². The summed E-state index contributed by atoms with van der Waals surface area (Å²) in [5.74, 6) is 0.228. The van der Waals surface area contributed by atoms with E-state index in [2.05, 4.69) is 10.6 Å². The van der Waals surface area contributed by atoms with Crippen LogP contribution in [0.3, 0.4) is 0 Å². The normalized spacial score (nSPS) is 25.3. The Labute approximate surface area is 224 Å². The number of aliphatic hydroxyl groups is 1. The van der Waals surface area contributed by atoms with E-state index >= 15 is 0 Å². The zero-order chi connectivity index (χ0) is 26.9. The molecule has 0 spiro atoms. The number of benzene rings is 1. The number of aliphatic hydroxyl groups excluding tert-OH is 1. The largest absolute Gasteiger partial charge is 0.476 e. The highest BCUT2D eigenvalue weighted by Crippen LogP contribution is 2.42. The zero-order valence-corrected chi connectivity index (χ0v) is 22.4. The van der Waals surface area contributed by atoms with Crippen LogP contribution in [0.25, 0.3) is 0 Å². The van der Waals surface area contributed by atoms with Crippen LogP contribution in [0, 0.1) is 11.8 Å². The lowest BCUT2D eigenvalue weighted by atomic mass is 9.92. The Hall–Kier alpha value is -2.69. The van der Waals surface area contributed by atoms with Crippen LogP contribution < -0.4 is 25.2 Å². The maximum Gasteiger partial charge on any atom is 0.270 e. The van der Waals surface area contributed by atoms with Crippen LogP contribution in [0.15, 0.2) is 18.2 Å². The quantitative estimate of drug-likeness (QED) is 0.469. The van der Waals surface area contributed by atoms with Crippen molar-refractivity contribution in [3.05, 3.63) is 18.2 Å². The van der Waals surface area contributed by atoms with Gasteiger partial charge >= 0.3 is 0 Å². The first kappa shape index (κ1) is 26.9. The average Bonchev–Trinajstić information content (AvgIpc) is 3.75. The van der Waals surface area contributed by atoms with Gasteiger partial charge in [0.1, 0.15) is 5.75 Å². The van der Waals surface area contributed by atoms with Crippen molar-refractivity contribution in [1.29, 1.82) is 0 Å². The van der Waals surface area contributed by atoms with Gasteiger partial charge in [0.15, 0.2) is 5.60 Å². The van der Waals surface area contributed by atoms with Crippen molar-refractivity contribution in [2.24, 2.45) is 11.8 Å². The van der Waals surface area contributed by atoms with Crippen molar-refractivity contribution in [2.75, 3.05) is 49.3 Å². The van der Waals surface area contributed by atoms with Crippen molar-refractivity contribution in [2.45, 2.75) is 70.1 Å². The third kappa shape index (κ3) is 5.67. The van der Waals surface area contributed by atoms with E-state index in [1.54, 1.807) is 18.7 Å². The summed E-state index contributed by atoms with van der Waals surface area (Å²) in [6.07, 6.45) is 4.38. The molecule has 0 radical (unpaired) electrons. The third-order valence-electron chi connectivity index (χ3n) is 7.96. The number of nitrogens with one attached hydrogen (secondary N) is 2. The van der Waals surface area contributed by atoms with Crippen molar-refractivity contribution >= 4 is 29.1 Å². The lowest BCUT2D eigenvalue weighted by molar-refractivity contribution is -0.132. The molecule has 2 saturated heterocycles. The number of rotatable bonds is 8. The van der Waals surface area contributed by atoms with E-state index in [0.717, 1.165) is 31.4 Å². The second-order valence-corrected chi connectivity index (χ2v) is 11.4. The predicted octanol–water partition coefficient (Wildman–Crippen LogP) is 1.59. The minimum absolute atomic E-state index is 0.0202. The lowest BCUT2D eigenvalue weighted by Crippen LogP contribution is -2.54. The van der Waals surface area contributed by atoms with E-state index in [9.17, 15) is 19.5 Å². The molecule has 3 amide bonds. The molecule has 10 nitrogen and oxygen atoms in total. The van der Waals surface area contributed by atoms with Crippen LogP contribution >= 0.6 is 0 Å². The Morgan fingerprint density at radius 3 is 2.63 bits per heavy atom. The van der Waals surface area contributed by atoms with Gasteiger partial charge in [-0.3, -0.25) is 14.4 Å². The molecular formula is C28H40N4O6. The van der Waals surface area contributed by atoms with Gasteiger partial charge in [0.25, 0.3) is 5.91 Å². The molecule has 0 aromatic heterocycles. The van der Waals surface area contributed by atoms with E-state index in [0.29, 0.717) is 57.1 Å². The smallest absolute Gasteiger partial charge is 0.270 e. The van der Waals surface area contributed by atoms with Crippen LogP contribution in [0.5, 0.6) is 5.75 Å². The first-order valence-electron chi connectivity index (χ1n) is 14.0. The maximum atomic E-state index is 13.9. The Morgan fingerprint density at radius 2 is 1.92 bits per heavy atom. The number of amides is 3. The average molecular weight is 529 g/mol. The summed E-state index contributed by atoms with van der Waals surface area (Å²) >= 11 is 0. The van der Waals surface area contributed by atoms with Crippen LogP contribution in [-0.4, -0.2) is 80.0 Å². The van der Waals surface area contributed by atoms with Crippen LogP contribution in [-0.2, 0) is 19.1 Å². The highest BCUT2D eigenvalue weighted by molar-refractivity contribution is 6.04. The summed E-state index contributed by atoms with van der Waals surface area (Å²) in [6, 6.07) is 5.63. The number of hydrogen-bond donors (Lipinski definition) is 3. The van der Waals surface area contributed by atoms with Crippen LogP contribution in [0.1, 0.15) is 52.4 Å². The fraction of sp³-hybridized carbons (Fsp3) is 0.679. The van der Waals surface area contributed by atoms with Crippen molar-refractivity contribution in [3.8, 4) is 5.75 Å². The number of anilines is 2. The second kappa shape index (κ2) is 11.2. The Balaban J connectivity index is 1.33. The van der Waals surface area contributed by atoms with Gasteiger partial charge in [-0.1, -0.05) is 0 Å². The molecule has 10 heteroatoms. The van der Waals surface area contributed by atoms with Crippen molar-refractivity contribution in [1.82, 2.24) is 10.6 Å². The molecule has 3 N–H and O–H groups in total. The molecule has 208 valence electrons. The lowest BCUT2D eigenvalue weighted by Gasteiger charge is -2.40. The van der Waals surface area contributed by atoms with Gasteiger partial charge in [-0.05, 0) is 70.6 Å². The molecular weight excluding hydrogens is 488 g/mol. The summed E-state index contributed by atoms with van der Waals surface area (Å²) in [5.41, 5.74) is 0.366. The Kier molecular flexibility index (Phi) is 7.93. The number of nitrogens with zero attached hydrogens (tertiary/aromatic N) is 2. The highest BCUT2D eigenvalue weighted by Gasteiger charge is 2.43. The summed E-state index contributed by atoms with van der Waals surface area (Å²) < 4.78 is 11.4. The van der Waals surface area contributed by atoms with Crippen LogP contribution in [0.4, 0.5) is 11.4 Å². The standard InChI is InChI=1S/C28H40N4O6/c1-28(2)27(36)31(10-3-11-33)23-15-22(6-7-24(23)38-28)32(21-4-5-21)26(35)19-14-20(17-29-16-19)30-25(34)18-8-12-37-13-9-18/h6-7,15,18-21,29,33H,3-5,8-14,16-17H2,1-2H3,(H,30,34). The minimum Gasteiger partial charge on any atom is -0.476 e. The molecule has 3 fully saturated rings. The molecule has 2 unspecified atom stereocenters. The fourth-order valence-electron chi connectivity index (χ4n) is 5.72. The molecule has 1 aliphatic carbocycles. The topological polar surface area (TPSA) is 120 Å². The van der Waals surface area contributed by atoms with E-state index in [4.69, 9.17) is 9.47 Å². The van der Waals surface area contributed by atoms with Gasteiger partial charge in [0.2, 0.25) is 11.8 Å². The molecule has 1 saturated carbocycles. The molecule has 3 heterocycles. The zero-order valence-electron chi connectivity index (χ0n) is 22.4. The first-order valence-corrected chi connectivity index (χ1v) is 14.0. The van der Waals surface area contributed by atoms with Gasteiger partial charge in [-0.15, -0.1) is 0 Å². The second-order valence-electron chi connectivity index (χ2n) is 11.4. The summed E-state index contributed by atoms with van der Waals surface area (Å²) in [6.45, 7) is 6.28. The number of fused-ring (bicyclic) bond motifs is 1. The van der Waals surface area contributed by atoms with Crippen molar-refractivity contribution in [3.63, 3.8) is 0 Å². The SMILES string of the molecule is CC1(C)Oc2ccc(N(C(=O)C3CNCC(NC(=O)C4CCOCC4)C3)C3CC3)cc2N(CCCO)C1=O. The Bertz CT molecular complexity index is 1050. The summed E-state index contributed by atoms with van der Waals surface area (Å²) in [5, 5.41) is 15.9. The van der Waals surface area contributed by atoms with E-state index < -0.39 is 5.60 Å². The molecule has 1 aromatic carbocycles. The number of hydrogen-bond acceptors (Lipinski definition) is 7. The third-order valence-corrected chi connectivity index (χ3v) is 7.96. The molecule has 2 atom stereocenters. The summed E-state index contributed by atoms with van der Waals surface area (Å²) in [7, 11) is 0. The fourth-order valence-corrected chi connectivity index (χ4v) is 5.72. The first-order chi connectivity index (χ1) is 18.3. The van der Waals surface area contributed by atoms with E-state index in [1.165, 1.54) is 0 Å². The predicted molar refractivity (Wildman–Crippen MR) is 142 cm³/mol. The molecule has 38 heavy (non-hydrogen) atoms. The molecule has 1 aromatic rings. The van der Waals surface area contributed by atoms with Gasteiger partial charge < -0.3 is 35.0 Å². The molecule has 3 aliphatic heterocycles. The van der Waals surface area contributed by atoms with Gasteiger partial charge in [0.05, 0.1) is 11.6 Å². The molecule has 5 rings (SSSR count). The minimum atomic E-state index is -1.01. The molecule has 0 bridgehead atoms. The van der Waals surface area contributed by atoms with Crippen molar-refractivity contribution < 1.29 is 29.0 Å². The maximum absolute atomic E-state index is 13.9. The Morgan fingerprint density at radius 1 is 1.16 bits per heavy atom. The highest BCUT2D eigenvalue weighted by atomic mass is 16.5. The van der Waals surface area contributed by atoms with Gasteiger partial charge in [-0.25, -0.2) is 0 Å². The van der Waals surface area contributed by atoms with Gasteiger partial charge in [0, 0.05) is 63.1 Å².